The SMILES string of the molecule is CC(C)(CNC(=O)CC1(NC(=O)OCC2c3ccccc3-c3ccccc32)CCN(Cc2ccccc2)CC1)C(=O)O. The van der Waals surface area contributed by atoms with Gasteiger partial charge in [0.1, 0.15) is 6.61 Å². The van der Waals surface area contributed by atoms with Crippen LogP contribution in [-0.4, -0.2) is 59.8 Å². The van der Waals surface area contributed by atoms with Crippen LogP contribution in [0.25, 0.3) is 11.1 Å². The minimum Gasteiger partial charge on any atom is -0.481 e. The maximum atomic E-state index is 13.3. The summed E-state index contributed by atoms with van der Waals surface area (Å²) in [4.78, 5) is 40.2. The molecular formula is C34H39N3O5. The minimum atomic E-state index is -1.10. The molecule has 3 aromatic carbocycles. The molecule has 0 unspecified atom stereocenters. The quantitative estimate of drug-likeness (QED) is 0.311. The molecule has 2 aliphatic rings. The summed E-state index contributed by atoms with van der Waals surface area (Å²) in [6.45, 7) is 5.53. The Labute approximate surface area is 247 Å². The predicted octanol–water partition coefficient (Wildman–Crippen LogP) is 5.18. The largest absolute Gasteiger partial charge is 0.481 e. The van der Waals surface area contributed by atoms with Crippen LogP contribution in [0.5, 0.6) is 0 Å². The summed E-state index contributed by atoms with van der Waals surface area (Å²) in [5.74, 6) is -1.34. The highest BCUT2D eigenvalue weighted by Gasteiger charge is 2.39. The number of likely N-dealkylation sites (tertiary alicyclic amines) is 1. The van der Waals surface area contributed by atoms with Crippen molar-refractivity contribution in [1.82, 2.24) is 15.5 Å². The number of benzene rings is 3. The van der Waals surface area contributed by atoms with Gasteiger partial charge in [-0.05, 0) is 54.5 Å². The van der Waals surface area contributed by atoms with E-state index in [1.807, 2.05) is 42.5 Å². The standard InChI is InChI=1S/C34H39N3O5/c1-33(2,31(39)40)23-35-30(38)20-34(16-18-37(19-17-34)21-24-10-4-3-5-11-24)36-32(41)42-22-29-27-14-8-6-12-25(27)26-13-7-9-15-28(26)29/h3-15,29H,16-23H2,1-2H3,(H,35,38)(H,36,41)(H,39,40). The van der Waals surface area contributed by atoms with E-state index in [4.69, 9.17) is 4.74 Å². The molecule has 0 saturated carbocycles. The van der Waals surface area contributed by atoms with Gasteiger partial charge in [-0.25, -0.2) is 4.79 Å². The number of amides is 2. The highest BCUT2D eigenvalue weighted by atomic mass is 16.5. The Balaban J connectivity index is 1.25. The molecule has 5 rings (SSSR count). The van der Waals surface area contributed by atoms with Crippen molar-refractivity contribution in [2.24, 2.45) is 5.41 Å². The number of rotatable bonds is 10. The molecule has 0 atom stereocenters. The summed E-state index contributed by atoms with van der Waals surface area (Å²) >= 11 is 0. The molecule has 1 aliphatic heterocycles. The van der Waals surface area contributed by atoms with Gasteiger partial charge in [0.2, 0.25) is 5.91 Å². The fraction of sp³-hybridized carbons (Fsp3) is 0.382. The van der Waals surface area contributed by atoms with Gasteiger partial charge in [0.25, 0.3) is 0 Å². The smallest absolute Gasteiger partial charge is 0.407 e. The van der Waals surface area contributed by atoms with E-state index in [1.54, 1.807) is 13.8 Å². The summed E-state index contributed by atoms with van der Waals surface area (Å²) in [7, 11) is 0. The van der Waals surface area contributed by atoms with Gasteiger partial charge in [-0.3, -0.25) is 14.5 Å². The molecule has 1 saturated heterocycles. The molecule has 0 aromatic heterocycles. The van der Waals surface area contributed by atoms with Crippen LogP contribution in [0, 0.1) is 5.41 Å². The van der Waals surface area contributed by atoms with Crippen molar-refractivity contribution in [3.05, 3.63) is 95.6 Å². The third kappa shape index (κ3) is 6.65. The molecule has 8 nitrogen and oxygen atoms in total. The van der Waals surface area contributed by atoms with Gasteiger partial charge in [-0.1, -0.05) is 78.9 Å². The number of hydrogen-bond donors (Lipinski definition) is 3. The summed E-state index contributed by atoms with van der Waals surface area (Å²) < 4.78 is 5.84. The Bertz CT molecular complexity index is 1380. The number of aliphatic carboxylic acids is 1. The van der Waals surface area contributed by atoms with E-state index in [1.165, 1.54) is 5.56 Å². The number of carboxylic acid groups (broad SMARTS) is 1. The second kappa shape index (κ2) is 12.4. The van der Waals surface area contributed by atoms with Crippen LogP contribution in [0.3, 0.4) is 0 Å². The first-order chi connectivity index (χ1) is 20.2. The lowest BCUT2D eigenvalue weighted by Crippen LogP contribution is -2.57. The lowest BCUT2D eigenvalue weighted by Gasteiger charge is -2.42. The number of alkyl carbamates (subject to hydrolysis) is 1. The Morgan fingerprint density at radius 3 is 2.07 bits per heavy atom. The van der Waals surface area contributed by atoms with E-state index in [2.05, 4.69) is 51.9 Å². The maximum absolute atomic E-state index is 13.3. The Kier molecular flexibility index (Phi) is 8.64. The van der Waals surface area contributed by atoms with Crippen LogP contribution >= 0.6 is 0 Å². The number of piperidine rings is 1. The number of nitrogens with zero attached hydrogens (tertiary/aromatic N) is 1. The number of nitrogens with one attached hydrogen (secondary N) is 2. The monoisotopic (exact) mass is 569 g/mol. The molecule has 42 heavy (non-hydrogen) atoms. The van der Waals surface area contributed by atoms with Crippen molar-refractivity contribution >= 4 is 18.0 Å². The Hall–Kier alpha value is -4.17. The third-order valence-electron chi connectivity index (χ3n) is 8.58. The number of ether oxygens (including phenoxy) is 1. The van der Waals surface area contributed by atoms with Crippen molar-refractivity contribution in [2.75, 3.05) is 26.2 Å². The fourth-order valence-electron chi connectivity index (χ4n) is 5.94. The summed E-state index contributed by atoms with van der Waals surface area (Å²) in [6, 6.07) is 26.6. The molecule has 0 spiro atoms. The van der Waals surface area contributed by atoms with Crippen LogP contribution in [-0.2, 0) is 20.9 Å². The van der Waals surface area contributed by atoms with Crippen molar-refractivity contribution in [2.45, 2.75) is 51.1 Å². The molecule has 1 aliphatic carbocycles. The average Bonchev–Trinajstić information content (AvgIpc) is 3.30. The van der Waals surface area contributed by atoms with Gasteiger partial charge in [0.15, 0.2) is 0 Å². The van der Waals surface area contributed by atoms with Crippen molar-refractivity contribution in [3.8, 4) is 11.1 Å². The van der Waals surface area contributed by atoms with Crippen molar-refractivity contribution < 1.29 is 24.2 Å². The van der Waals surface area contributed by atoms with Crippen LogP contribution in [0.2, 0.25) is 0 Å². The first-order valence-corrected chi connectivity index (χ1v) is 14.6. The zero-order valence-electron chi connectivity index (χ0n) is 24.3. The highest BCUT2D eigenvalue weighted by molar-refractivity contribution is 5.81. The van der Waals surface area contributed by atoms with Crippen LogP contribution in [0.1, 0.15) is 55.7 Å². The van der Waals surface area contributed by atoms with Gasteiger partial charge in [-0.2, -0.15) is 0 Å². The van der Waals surface area contributed by atoms with Crippen LogP contribution in [0.15, 0.2) is 78.9 Å². The molecule has 8 heteroatoms. The number of carbonyl (C=O) groups is 3. The molecule has 3 N–H and O–H groups in total. The molecular weight excluding hydrogens is 530 g/mol. The van der Waals surface area contributed by atoms with Crippen molar-refractivity contribution in [1.29, 1.82) is 0 Å². The van der Waals surface area contributed by atoms with Crippen LogP contribution in [0.4, 0.5) is 4.79 Å². The van der Waals surface area contributed by atoms with Gasteiger partial charge >= 0.3 is 12.1 Å². The van der Waals surface area contributed by atoms with E-state index >= 15 is 0 Å². The Morgan fingerprint density at radius 2 is 1.48 bits per heavy atom. The van der Waals surface area contributed by atoms with E-state index in [9.17, 15) is 19.5 Å². The average molecular weight is 570 g/mol. The van der Waals surface area contributed by atoms with Gasteiger partial charge in [0.05, 0.1) is 11.0 Å². The first-order valence-electron chi connectivity index (χ1n) is 14.6. The van der Waals surface area contributed by atoms with E-state index < -0.39 is 23.0 Å². The molecule has 1 heterocycles. The second-order valence-electron chi connectivity index (χ2n) is 12.1. The number of carboxylic acids is 1. The minimum absolute atomic E-state index is 0.00230. The Morgan fingerprint density at radius 1 is 0.905 bits per heavy atom. The topological polar surface area (TPSA) is 108 Å². The van der Waals surface area contributed by atoms with E-state index in [-0.39, 0.29) is 31.4 Å². The molecule has 220 valence electrons. The zero-order chi connectivity index (χ0) is 29.7. The fourth-order valence-corrected chi connectivity index (χ4v) is 5.94. The van der Waals surface area contributed by atoms with E-state index in [0.29, 0.717) is 25.9 Å². The lowest BCUT2D eigenvalue weighted by atomic mass is 9.83. The molecule has 1 fully saturated rings. The molecule has 0 bridgehead atoms. The van der Waals surface area contributed by atoms with Gasteiger partial charge < -0.3 is 20.5 Å². The number of carbonyl (C=O) groups excluding carboxylic acids is 2. The highest BCUT2D eigenvalue weighted by Crippen LogP contribution is 2.44. The summed E-state index contributed by atoms with van der Waals surface area (Å²) in [5.41, 5.74) is 3.90. The second-order valence-corrected chi connectivity index (χ2v) is 12.1. The molecule has 0 radical (unpaired) electrons. The van der Waals surface area contributed by atoms with E-state index in [0.717, 1.165) is 28.8 Å². The first kappa shape index (κ1) is 29.3. The van der Waals surface area contributed by atoms with Crippen molar-refractivity contribution in [3.63, 3.8) is 0 Å². The number of fused-ring (bicyclic) bond motifs is 3. The zero-order valence-corrected chi connectivity index (χ0v) is 24.3. The van der Waals surface area contributed by atoms with Crippen LogP contribution < -0.4 is 10.6 Å². The van der Waals surface area contributed by atoms with Gasteiger partial charge in [0, 0.05) is 38.5 Å². The summed E-state index contributed by atoms with van der Waals surface area (Å²) in [6.07, 6.45) is 0.637. The predicted molar refractivity (Wildman–Crippen MR) is 161 cm³/mol. The normalized spacial score (nSPS) is 16.2. The summed E-state index contributed by atoms with van der Waals surface area (Å²) in [5, 5.41) is 15.3. The third-order valence-corrected chi connectivity index (χ3v) is 8.58. The number of hydrogen-bond acceptors (Lipinski definition) is 5. The lowest BCUT2D eigenvalue weighted by molar-refractivity contribution is -0.146. The van der Waals surface area contributed by atoms with Gasteiger partial charge in [-0.15, -0.1) is 0 Å². The molecule has 2 amide bonds. The maximum Gasteiger partial charge on any atom is 0.407 e. The molecule has 3 aromatic rings.